The summed E-state index contributed by atoms with van der Waals surface area (Å²) in [4.78, 5) is 25.9. The first-order valence-electron chi connectivity index (χ1n) is 7.68. The van der Waals surface area contributed by atoms with Crippen molar-refractivity contribution < 1.29 is 14.3 Å². The van der Waals surface area contributed by atoms with Crippen molar-refractivity contribution in [3.8, 4) is 11.8 Å². The molecule has 1 aliphatic rings. The number of nitrogens with zero attached hydrogens (tertiary/aromatic N) is 2. The third-order valence-corrected chi connectivity index (χ3v) is 4.00. The lowest BCUT2D eigenvalue weighted by molar-refractivity contribution is -0.129. The molecule has 1 heterocycles. The zero-order valence-corrected chi connectivity index (χ0v) is 13.4. The van der Waals surface area contributed by atoms with Gasteiger partial charge in [0, 0.05) is 19.5 Å². The van der Waals surface area contributed by atoms with Gasteiger partial charge >= 0.3 is 0 Å². The Labute approximate surface area is 136 Å². The van der Waals surface area contributed by atoms with Crippen molar-refractivity contribution in [2.45, 2.75) is 32.4 Å². The fourth-order valence-corrected chi connectivity index (χ4v) is 2.57. The number of amides is 2. The molecule has 2 atom stereocenters. The zero-order chi connectivity index (χ0) is 16.8. The predicted molar refractivity (Wildman–Crippen MR) is 84.4 cm³/mol. The average Bonchev–Trinajstić information content (AvgIpc) is 2.94. The minimum Gasteiger partial charge on any atom is -0.497 e. The summed E-state index contributed by atoms with van der Waals surface area (Å²) in [6.45, 7) is 2.70. The highest BCUT2D eigenvalue weighted by atomic mass is 16.5. The van der Waals surface area contributed by atoms with Gasteiger partial charge in [0.1, 0.15) is 11.8 Å². The minimum atomic E-state index is -0.492. The summed E-state index contributed by atoms with van der Waals surface area (Å²) in [5, 5.41) is 11.6. The Bertz CT molecular complexity index is 607. The number of ether oxygens (including phenoxy) is 1. The molecule has 122 valence electrons. The van der Waals surface area contributed by atoms with Crippen LogP contribution < -0.4 is 10.1 Å². The van der Waals surface area contributed by atoms with Crippen molar-refractivity contribution in [1.82, 2.24) is 10.2 Å². The number of carbonyl (C=O) groups excluding carboxylic acids is 2. The van der Waals surface area contributed by atoms with Crippen LogP contribution in [0.5, 0.6) is 5.75 Å². The van der Waals surface area contributed by atoms with E-state index in [9.17, 15) is 9.59 Å². The van der Waals surface area contributed by atoms with Crippen molar-refractivity contribution in [3.63, 3.8) is 0 Å². The van der Waals surface area contributed by atoms with E-state index in [0.29, 0.717) is 19.5 Å². The second-order valence-corrected chi connectivity index (χ2v) is 5.62. The standard InChI is InChI=1S/C17H21N3O3/c1-3-14(9-18)19-17(22)13-8-16(21)20(11-13)10-12-4-6-15(23-2)7-5-12/h4-7,13-14H,3,8,10-11H2,1-2H3,(H,19,22)/t13-,14+/m1/s1. The average molecular weight is 315 g/mol. The molecular weight excluding hydrogens is 294 g/mol. The monoisotopic (exact) mass is 315 g/mol. The number of benzene rings is 1. The van der Waals surface area contributed by atoms with Gasteiger partial charge < -0.3 is 15.0 Å². The molecule has 1 aromatic rings. The molecule has 1 N–H and O–H groups in total. The maximum atomic E-state index is 12.1. The van der Waals surface area contributed by atoms with Gasteiger partial charge in [-0.25, -0.2) is 0 Å². The number of hydrogen-bond acceptors (Lipinski definition) is 4. The van der Waals surface area contributed by atoms with E-state index in [1.807, 2.05) is 37.3 Å². The number of likely N-dealkylation sites (tertiary alicyclic amines) is 1. The molecule has 0 spiro atoms. The van der Waals surface area contributed by atoms with Gasteiger partial charge in [-0.1, -0.05) is 19.1 Å². The number of hydrogen-bond donors (Lipinski definition) is 1. The van der Waals surface area contributed by atoms with Crippen molar-refractivity contribution >= 4 is 11.8 Å². The third kappa shape index (κ3) is 4.22. The van der Waals surface area contributed by atoms with Gasteiger partial charge in [0.2, 0.25) is 11.8 Å². The van der Waals surface area contributed by atoms with E-state index in [-0.39, 0.29) is 24.2 Å². The lowest BCUT2D eigenvalue weighted by atomic mass is 10.1. The molecule has 1 saturated heterocycles. The van der Waals surface area contributed by atoms with Crippen LogP contribution in [0.3, 0.4) is 0 Å². The first kappa shape index (κ1) is 16.8. The summed E-state index contributed by atoms with van der Waals surface area (Å²) in [7, 11) is 1.60. The molecule has 0 aliphatic carbocycles. The first-order valence-corrected chi connectivity index (χ1v) is 7.68. The Morgan fingerprint density at radius 1 is 1.48 bits per heavy atom. The Morgan fingerprint density at radius 2 is 2.17 bits per heavy atom. The molecule has 1 fully saturated rings. The number of rotatable bonds is 6. The van der Waals surface area contributed by atoms with Gasteiger partial charge in [-0.2, -0.15) is 5.26 Å². The molecular formula is C17H21N3O3. The topological polar surface area (TPSA) is 82.4 Å². The highest BCUT2D eigenvalue weighted by Crippen LogP contribution is 2.21. The minimum absolute atomic E-state index is 0.0361. The SMILES string of the molecule is CC[C@@H](C#N)NC(=O)[C@@H]1CC(=O)N(Cc2ccc(OC)cc2)C1. The van der Waals surface area contributed by atoms with Crippen LogP contribution >= 0.6 is 0 Å². The summed E-state index contributed by atoms with van der Waals surface area (Å²) in [5.41, 5.74) is 0.990. The van der Waals surface area contributed by atoms with E-state index in [2.05, 4.69) is 5.32 Å². The number of carbonyl (C=O) groups is 2. The molecule has 0 saturated carbocycles. The predicted octanol–water partition coefficient (Wildman–Crippen LogP) is 1.46. The second-order valence-electron chi connectivity index (χ2n) is 5.62. The van der Waals surface area contributed by atoms with Gasteiger partial charge in [-0.05, 0) is 24.1 Å². The van der Waals surface area contributed by atoms with E-state index in [1.54, 1.807) is 12.0 Å². The Balaban J connectivity index is 1.94. The summed E-state index contributed by atoms with van der Waals surface area (Å²) >= 11 is 0. The Morgan fingerprint density at radius 3 is 2.74 bits per heavy atom. The fraction of sp³-hybridized carbons (Fsp3) is 0.471. The number of methoxy groups -OCH3 is 1. The number of nitrogens with one attached hydrogen (secondary N) is 1. The van der Waals surface area contributed by atoms with E-state index in [0.717, 1.165) is 11.3 Å². The van der Waals surface area contributed by atoms with Crippen LogP contribution in [0.1, 0.15) is 25.3 Å². The Kier molecular flexibility index (Phi) is 5.58. The van der Waals surface area contributed by atoms with Crippen LogP contribution in [0.15, 0.2) is 24.3 Å². The van der Waals surface area contributed by atoms with Crippen molar-refractivity contribution in [2.75, 3.05) is 13.7 Å². The maximum absolute atomic E-state index is 12.1. The summed E-state index contributed by atoms with van der Waals surface area (Å²) in [6, 6.07) is 9.05. The van der Waals surface area contributed by atoms with E-state index in [1.165, 1.54) is 0 Å². The van der Waals surface area contributed by atoms with Crippen LogP contribution in [-0.4, -0.2) is 36.4 Å². The molecule has 6 nitrogen and oxygen atoms in total. The van der Waals surface area contributed by atoms with Gasteiger partial charge in [0.15, 0.2) is 0 Å². The van der Waals surface area contributed by atoms with Gasteiger partial charge in [-0.15, -0.1) is 0 Å². The van der Waals surface area contributed by atoms with Crippen molar-refractivity contribution in [2.24, 2.45) is 5.92 Å². The molecule has 0 unspecified atom stereocenters. The van der Waals surface area contributed by atoms with Crippen LogP contribution in [-0.2, 0) is 16.1 Å². The van der Waals surface area contributed by atoms with Crippen LogP contribution in [0.4, 0.5) is 0 Å². The fourth-order valence-electron chi connectivity index (χ4n) is 2.57. The van der Waals surface area contributed by atoms with E-state index >= 15 is 0 Å². The van der Waals surface area contributed by atoms with E-state index < -0.39 is 6.04 Å². The molecule has 2 amide bonds. The first-order chi connectivity index (χ1) is 11.1. The molecule has 0 radical (unpaired) electrons. The molecule has 23 heavy (non-hydrogen) atoms. The normalized spacial score (nSPS) is 18.4. The lowest BCUT2D eigenvalue weighted by Gasteiger charge is -2.17. The molecule has 1 aliphatic heterocycles. The van der Waals surface area contributed by atoms with Crippen LogP contribution in [0.2, 0.25) is 0 Å². The van der Waals surface area contributed by atoms with Gasteiger partial charge in [-0.3, -0.25) is 9.59 Å². The second kappa shape index (κ2) is 7.63. The Hall–Kier alpha value is -2.55. The van der Waals surface area contributed by atoms with Crippen LogP contribution in [0.25, 0.3) is 0 Å². The van der Waals surface area contributed by atoms with Gasteiger partial charge in [0.25, 0.3) is 0 Å². The molecule has 0 aromatic heterocycles. The summed E-state index contributed by atoms with van der Waals surface area (Å²) in [5.74, 6) is 0.124. The molecule has 6 heteroatoms. The quantitative estimate of drug-likeness (QED) is 0.861. The molecule has 1 aromatic carbocycles. The van der Waals surface area contributed by atoms with Crippen molar-refractivity contribution in [3.05, 3.63) is 29.8 Å². The lowest BCUT2D eigenvalue weighted by Crippen LogP contribution is -2.38. The van der Waals surface area contributed by atoms with E-state index in [4.69, 9.17) is 10.00 Å². The summed E-state index contributed by atoms with van der Waals surface area (Å²) < 4.78 is 5.11. The largest absolute Gasteiger partial charge is 0.497 e. The van der Waals surface area contributed by atoms with Crippen LogP contribution in [0, 0.1) is 17.2 Å². The van der Waals surface area contributed by atoms with Gasteiger partial charge in [0.05, 0.1) is 19.1 Å². The summed E-state index contributed by atoms with van der Waals surface area (Å²) in [6.07, 6.45) is 0.752. The molecule has 2 rings (SSSR count). The molecule has 0 bridgehead atoms. The zero-order valence-electron chi connectivity index (χ0n) is 13.4. The van der Waals surface area contributed by atoms with Crippen molar-refractivity contribution in [1.29, 1.82) is 5.26 Å². The number of nitriles is 1. The third-order valence-electron chi connectivity index (χ3n) is 4.00. The highest BCUT2D eigenvalue weighted by Gasteiger charge is 2.34. The highest BCUT2D eigenvalue weighted by molar-refractivity contribution is 5.89. The maximum Gasteiger partial charge on any atom is 0.226 e. The smallest absolute Gasteiger partial charge is 0.226 e.